The van der Waals surface area contributed by atoms with E-state index in [0.29, 0.717) is 42.1 Å². The Morgan fingerprint density at radius 2 is 1.68 bits per heavy atom. The van der Waals surface area contributed by atoms with Crippen molar-refractivity contribution in [1.29, 1.82) is 0 Å². The molecule has 0 aromatic rings. The van der Waals surface area contributed by atoms with Crippen molar-refractivity contribution in [3.05, 3.63) is 0 Å². The number of unbranched alkanes of at least 4 members (excludes halogenated alkanes) is 1. The Labute approximate surface area is 230 Å². The average Bonchev–Trinajstić information content (AvgIpc) is 3.12. The number of carbonyl (C=O) groups is 1. The summed E-state index contributed by atoms with van der Waals surface area (Å²) < 4.78 is 9.55. The fourth-order valence-corrected chi connectivity index (χ4v) is 14.6. The van der Waals surface area contributed by atoms with E-state index >= 15 is 0 Å². The van der Waals surface area contributed by atoms with Crippen LogP contribution in [0.3, 0.4) is 0 Å². The van der Waals surface area contributed by atoms with Crippen LogP contribution in [0.25, 0.3) is 0 Å². The molecule has 1 heterocycles. The first kappa shape index (κ1) is 29.8. The second-order valence-electron chi connectivity index (χ2n) is 16.2. The van der Waals surface area contributed by atoms with Gasteiger partial charge in [0.1, 0.15) is 0 Å². The molecule has 0 spiro atoms. The van der Waals surface area contributed by atoms with Gasteiger partial charge in [0.15, 0.2) is 16.6 Å². The number of fused-ring (bicyclic) bond motifs is 5. The van der Waals surface area contributed by atoms with Gasteiger partial charge in [0.05, 0.1) is 6.10 Å². The van der Waals surface area contributed by atoms with Gasteiger partial charge in [-0.3, -0.25) is 4.79 Å². The number of aliphatic hydroxyl groups excluding tert-OH is 1. The lowest BCUT2D eigenvalue weighted by Gasteiger charge is -2.66. The van der Waals surface area contributed by atoms with Crippen LogP contribution < -0.4 is 0 Å². The van der Waals surface area contributed by atoms with Gasteiger partial charge in [0, 0.05) is 19.1 Å². The smallest absolute Gasteiger partial charge is 0.214 e. The lowest BCUT2D eigenvalue weighted by atomic mass is 9.45. The van der Waals surface area contributed by atoms with Gasteiger partial charge in [-0.2, -0.15) is 0 Å². The first-order valence-electron chi connectivity index (χ1n) is 15.6. The number of nitrogens with zero attached hydrogens (tertiary/aromatic N) is 1. The normalized spacial score (nSPS) is 40.8. The molecule has 4 aliphatic rings. The van der Waals surface area contributed by atoms with Gasteiger partial charge in [0.2, 0.25) is 5.91 Å². The molecule has 6 heteroatoms. The van der Waals surface area contributed by atoms with Crippen molar-refractivity contribution in [2.75, 3.05) is 6.61 Å². The molecule has 37 heavy (non-hydrogen) atoms. The molecule has 8 atom stereocenters. The molecule has 0 radical (unpaired) electrons. The zero-order valence-corrected chi connectivity index (χ0v) is 28.0. The summed E-state index contributed by atoms with van der Waals surface area (Å²) in [6.45, 7) is 24.3. The van der Waals surface area contributed by atoms with E-state index in [-0.39, 0.29) is 28.5 Å². The van der Waals surface area contributed by atoms with Gasteiger partial charge in [-0.1, -0.05) is 67.5 Å². The van der Waals surface area contributed by atoms with E-state index in [1.165, 1.54) is 44.6 Å². The van der Waals surface area contributed by atoms with E-state index in [4.69, 9.17) is 4.43 Å². The third-order valence-corrected chi connectivity index (χ3v) is 20.6. The van der Waals surface area contributed by atoms with Crippen molar-refractivity contribution in [2.24, 2.45) is 34.5 Å². The zero-order valence-electron chi connectivity index (χ0n) is 26.0. The van der Waals surface area contributed by atoms with Gasteiger partial charge in [-0.15, -0.1) is 0 Å². The summed E-state index contributed by atoms with van der Waals surface area (Å²) in [7, 11) is -3.69. The van der Waals surface area contributed by atoms with E-state index < -0.39 is 16.6 Å². The predicted molar refractivity (Wildman–Crippen MR) is 159 cm³/mol. The number of hydrogen-bond donors (Lipinski definition) is 1. The van der Waals surface area contributed by atoms with Crippen LogP contribution >= 0.6 is 0 Å². The molecular formula is C31H59NO3Si2. The summed E-state index contributed by atoms with van der Waals surface area (Å²) in [4.78, 5) is 13.6. The third-order valence-electron chi connectivity index (χ3n) is 12.6. The molecular weight excluding hydrogens is 491 g/mol. The van der Waals surface area contributed by atoms with Crippen LogP contribution in [0.4, 0.5) is 0 Å². The van der Waals surface area contributed by atoms with Gasteiger partial charge >= 0.3 is 0 Å². The summed E-state index contributed by atoms with van der Waals surface area (Å²) in [6.07, 6.45) is 10.6. The van der Waals surface area contributed by atoms with Crippen LogP contribution in [0.5, 0.6) is 0 Å². The average molecular weight is 550 g/mol. The number of amides is 1. The van der Waals surface area contributed by atoms with E-state index in [0.717, 1.165) is 12.8 Å². The molecule has 0 aromatic carbocycles. The lowest BCUT2D eigenvalue weighted by Crippen LogP contribution is -2.71. The molecule has 3 saturated carbocycles. The Morgan fingerprint density at radius 1 is 1.03 bits per heavy atom. The summed E-state index contributed by atoms with van der Waals surface area (Å²) in [5, 5.41) is 11.0. The minimum Gasteiger partial charge on any atom is -0.414 e. The lowest BCUT2D eigenvalue weighted by molar-refractivity contribution is -0.167. The Balaban J connectivity index is 1.65. The maximum atomic E-state index is 13.6. The van der Waals surface area contributed by atoms with Gasteiger partial charge in [0.25, 0.3) is 0 Å². The maximum absolute atomic E-state index is 13.6. The predicted octanol–water partition coefficient (Wildman–Crippen LogP) is 7.83. The van der Waals surface area contributed by atoms with Crippen LogP contribution in [0.15, 0.2) is 0 Å². The Bertz CT molecular complexity index is 854. The molecule has 3 unspecified atom stereocenters. The van der Waals surface area contributed by atoms with E-state index in [9.17, 15) is 9.90 Å². The Kier molecular flexibility index (Phi) is 8.07. The number of piperidine rings is 1. The van der Waals surface area contributed by atoms with E-state index in [1.807, 2.05) is 0 Å². The highest BCUT2D eigenvalue weighted by molar-refractivity contribution is 6.79. The van der Waals surface area contributed by atoms with Crippen LogP contribution in [0.1, 0.15) is 99.3 Å². The molecule has 1 saturated heterocycles. The fourth-order valence-electron chi connectivity index (χ4n) is 9.46. The Hall–Kier alpha value is -0.176. The fraction of sp³-hybridized carbons (Fsp3) is 0.968. The zero-order chi connectivity index (χ0) is 27.6. The molecule has 1 amide bonds. The van der Waals surface area contributed by atoms with E-state index in [1.54, 1.807) is 0 Å². The molecule has 0 bridgehead atoms. The third kappa shape index (κ3) is 4.86. The standard InChI is InChI=1S/C31H59NO3Si2/c1-11-12-19-36(7,8)35-26-14-13-23-28-22(21-33)20-25-30(5,24(28)15-17-31(23,26)6)18-16-27(34)32(25)37(9,10)29(2,3)4/h22-26,28,33H,11-21H2,1-10H3/t22?,23-,24+,25?,26?,28-,30+,31-/m0/s1. The molecule has 4 fully saturated rings. The molecule has 1 N–H and O–H groups in total. The summed E-state index contributed by atoms with van der Waals surface area (Å²) in [5.74, 6) is 2.49. The molecule has 1 aliphatic heterocycles. The number of hydrogen-bond acceptors (Lipinski definition) is 3. The van der Waals surface area contributed by atoms with Crippen LogP contribution in [0, 0.1) is 34.5 Å². The minimum atomic E-state index is -2.02. The minimum absolute atomic E-state index is 0.127. The second-order valence-corrected chi connectivity index (χ2v) is 25.5. The first-order valence-corrected chi connectivity index (χ1v) is 21.7. The van der Waals surface area contributed by atoms with Crippen molar-refractivity contribution in [2.45, 2.75) is 149 Å². The largest absolute Gasteiger partial charge is 0.414 e. The number of carbonyl (C=O) groups excluding carboxylic acids is 1. The maximum Gasteiger partial charge on any atom is 0.214 e. The van der Waals surface area contributed by atoms with Crippen molar-refractivity contribution in [3.63, 3.8) is 0 Å². The highest BCUT2D eigenvalue weighted by atomic mass is 28.4. The summed E-state index contributed by atoms with van der Waals surface area (Å²) in [6, 6.07) is 1.55. The van der Waals surface area contributed by atoms with Gasteiger partial charge in [-0.25, -0.2) is 0 Å². The van der Waals surface area contributed by atoms with Crippen LogP contribution in [-0.2, 0) is 9.22 Å². The number of aliphatic hydroxyl groups is 1. The van der Waals surface area contributed by atoms with Crippen LogP contribution in [-0.4, -0.2) is 50.9 Å². The second kappa shape index (κ2) is 10.0. The van der Waals surface area contributed by atoms with Crippen LogP contribution in [0.2, 0.25) is 37.3 Å². The van der Waals surface area contributed by atoms with Crippen molar-refractivity contribution in [3.8, 4) is 0 Å². The Morgan fingerprint density at radius 3 is 2.27 bits per heavy atom. The van der Waals surface area contributed by atoms with Crippen molar-refractivity contribution < 1.29 is 14.3 Å². The van der Waals surface area contributed by atoms with Gasteiger partial charge < -0.3 is 14.1 Å². The topological polar surface area (TPSA) is 49.8 Å². The first-order chi connectivity index (χ1) is 17.0. The van der Waals surface area contributed by atoms with E-state index in [2.05, 4.69) is 72.3 Å². The van der Waals surface area contributed by atoms with Crippen molar-refractivity contribution in [1.82, 2.24) is 4.57 Å². The summed E-state index contributed by atoms with van der Waals surface area (Å²) >= 11 is 0. The van der Waals surface area contributed by atoms with Gasteiger partial charge in [-0.05, 0) is 97.2 Å². The summed E-state index contributed by atoms with van der Waals surface area (Å²) in [5.41, 5.74) is 0.396. The molecule has 3 aliphatic carbocycles. The highest BCUT2D eigenvalue weighted by Crippen LogP contribution is 2.67. The molecule has 4 rings (SSSR count). The quantitative estimate of drug-likeness (QED) is 0.329. The highest BCUT2D eigenvalue weighted by Gasteiger charge is 2.65. The molecule has 214 valence electrons. The SMILES string of the molecule is CCCC[Si](C)(C)OC1CC[C@H]2[C@@H]3C(CO)CC4N([Si](C)(C)C(C)(C)C)C(=O)CC[C@]4(C)[C@@H]3CC[C@]12C. The molecule has 4 nitrogen and oxygen atoms in total. The monoisotopic (exact) mass is 549 g/mol. The molecule has 0 aromatic heterocycles. The van der Waals surface area contributed by atoms with Crippen molar-refractivity contribution >= 4 is 22.5 Å². The number of rotatable bonds is 7.